The minimum Gasteiger partial charge on any atom is -0.465 e. The van der Waals surface area contributed by atoms with E-state index in [9.17, 15) is 14.7 Å². The molecule has 3 aromatic carbocycles. The molecule has 10 heteroatoms. The molecule has 40 heavy (non-hydrogen) atoms. The third-order valence-corrected chi connectivity index (χ3v) is 8.27. The van der Waals surface area contributed by atoms with Crippen molar-refractivity contribution in [1.82, 2.24) is 19.9 Å². The van der Waals surface area contributed by atoms with Gasteiger partial charge in [-0.3, -0.25) is 9.69 Å². The maximum Gasteiger partial charge on any atom is 0.407 e. The Balaban J connectivity index is 1.51. The Morgan fingerprint density at radius 2 is 1.73 bits per heavy atom. The molecule has 4 aromatic rings. The van der Waals surface area contributed by atoms with Gasteiger partial charge in [-0.15, -0.1) is 0 Å². The smallest absolute Gasteiger partial charge is 0.407 e. The Morgan fingerprint density at radius 1 is 1.10 bits per heavy atom. The molecule has 206 valence electrons. The van der Waals surface area contributed by atoms with E-state index < -0.39 is 23.5 Å². The number of benzene rings is 3. The van der Waals surface area contributed by atoms with Gasteiger partial charge in [0.2, 0.25) is 0 Å². The second-order valence-electron chi connectivity index (χ2n) is 10.1. The molecule has 1 saturated heterocycles. The fourth-order valence-corrected chi connectivity index (χ4v) is 6.34. The molecular weight excluding hydrogens is 533 g/mol. The van der Waals surface area contributed by atoms with Crippen LogP contribution < -0.4 is 15.9 Å². The number of hydrogen-bond acceptors (Lipinski definition) is 5. The van der Waals surface area contributed by atoms with E-state index in [0.717, 1.165) is 22.3 Å². The minimum atomic E-state index is -1.14. The Morgan fingerprint density at radius 3 is 2.33 bits per heavy atom. The van der Waals surface area contributed by atoms with Crippen molar-refractivity contribution in [2.75, 3.05) is 37.7 Å². The second kappa shape index (κ2) is 10.6. The van der Waals surface area contributed by atoms with Crippen molar-refractivity contribution in [2.24, 2.45) is 0 Å². The lowest BCUT2D eigenvalue weighted by Gasteiger charge is -2.37. The molecule has 1 aliphatic heterocycles. The highest BCUT2D eigenvalue weighted by Gasteiger charge is 2.36. The topological polar surface area (TPSA) is 90.7 Å². The van der Waals surface area contributed by atoms with E-state index in [2.05, 4.69) is 22.4 Å². The van der Waals surface area contributed by atoms with E-state index in [4.69, 9.17) is 11.6 Å². The molecule has 1 amide bonds. The maximum absolute atomic E-state index is 15.1. The molecule has 8 nitrogen and oxygen atoms in total. The minimum absolute atomic E-state index is 0.0145. The summed E-state index contributed by atoms with van der Waals surface area (Å²) in [6.07, 6.45) is -0.810. The number of piperazine rings is 1. The van der Waals surface area contributed by atoms with E-state index >= 15 is 4.39 Å². The van der Waals surface area contributed by atoms with Gasteiger partial charge in [0.15, 0.2) is 5.82 Å². The van der Waals surface area contributed by atoms with Crippen LogP contribution in [0.25, 0.3) is 22.0 Å². The molecule has 0 saturated carbocycles. The third kappa shape index (κ3) is 4.30. The molecule has 1 aromatic heterocycles. The monoisotopic (exact) mass is 561 g/mol. The fourth-order valence-electron chi connectivity index (χ4n) is 6.10. The quantitative estimate of drug-likeness (QED) is 0.345. The number of aromatic nitrogens is 2. The molecule has 1 fully saturated rings. The van der Waals surface area contributed by atoms with E-state index in [-0.39, 0.29) is 34.2 Å². The van der Waals surface area contributed by atoms with Gasteiger partial charge in [-0.25, -0.2) is 18.8 Å². The van der Waals surface area contributed by atoms with Gasteiger partial charge >= 0.3 is 6.09 Å². The van der Waals surface area contributed by atoms with Crippen LogP contribution in [0.3, 0.4) is 0 Å². The Labute approximate surface area is 235 Å². The maximum atomic E-state index is 15.1. The van der Waals surface area contributed by atoms with Crippen LogP contribution in [0.15, 0.2) is 65.5 Å². The van der Waals surface area contributed by atoms with Crippen LogP contribution in [0.5, 0.6) is 0 Å². The summed E-state index contributed by atoms with van der Waals surface area (Å²) in [5.74, 6) is -0.700. The van der Waals surface area contributed by atoms with Crippen molar-refractivity contribution in [1.29, 1.82) is 0 Å². The van der Waals surface area contributed by atoms with Gasteiger partial charge in [-0.05, 0) is 40.8 Å². The average molecular weight is 562 g/mol. The van der Waals surface area contributed by atoms with Crippen LogP contribution in [0.4, 0.5) is 9.18 Å². The van der Waals surface area contributed by atoms with Crippen molar-refractivity contribution >= 4 is 28.6 Å². The van der Waals surface area contributed by atoms with Crippen LogP contribution in [0.1, 0.15) is 42.3 Å². The standard InChI is InChI=1S/C30H29ClFN5O3/c1-2-25(36(30(39)40)17-22-20-9-5-3-7-18(20)19-8-4-6-10-21(19)22)28-34-27-24(32)12-11-23(31)26(27)29(38)37(28)35-15-13-33-14-16-35/h3-12,22,25,33H,2,13-17H2,1H3,(H,39,40). The number of rotatable bonds is 6. The first-order valence-corrected chi connectivity index (χ1v) is 13.8. The zero-order valence-corrected chi connectivity index (χ0v) is 22.7. The lowest BCUT2D eigenvalue weighted by Crippen LogP contribution is -2.55. The summed E-state index contributed by atoms with van der Waals surface area (Å²) >= 11 is 6.38. The van der Waals surface area contributed by atoms with Gasteiger partial charge in [-0.2, -0.15) is 0 Å². The number of nitrogens with one attached hydrogen (secondary N) is 1. The van der Waals surface area contributed by atoms with Gasteiger partial charge < -0.3 is 15.4 Å². The molecule has 0 bridgehead atoms. The lowest BCUT2D eigenvalue weighted by atomic mass is 9.95. The largest absolute Gasteiger partial charge is 0.465 e. The number of amides is 1. The summed E-state index contributed by atoms with van der Waals surface area (Å²) in [5, 5.41) is 15.8. The van der Waals surface area contributed by atoms with Gasteiger partial charge in [0.05, 0.1) is 16.5 Å². The van der Waals surface area contributed by atoms with Crippen LogP contribution in [0, 0.1) is 5.82 Å². The Hall–Kier alpha value is -3.95. The zero-order valence-electron chi connectivity index (χ0n) is 22.0. The zero-order chi connectivity index (χ0) is 28.0. The van der Waals surface area contributed by atoms with Crippen LogP contribution in [-0.4, -0.2) is 58.5 Å². The first-order chi connectivity index (χ1) is 19.4. The first-order valence-electron chi connectivity index (χ1n) is 13.4. The van der Waals surface area contributed by atoms with E-state index in [0.29, 0.717) is 32.6 Å². The van der Waals surface area contributed by atoms with E-state index in [1.807, 2.05) is 48.3 Å². The summed E-state index contributed by atoms with van der Waals surface area (Å²) in [6, 6.07) is 17.7. The molecule has 1 unspecified atom stereocenters. The number of nitrogens with zero attached hydrogens (tertiary/aromatic N) is 4. The van der Waals surface area contributed by atoms with Crippen molar-refractivity contribution in [3.63, 3.8) is 0 Å². The van der Waals surface area contributed by atoms with E-state index in [1.165, 1.54) is 21.7 Å². The second-order valence-corrected chi connectivity index (χ2v) is 10.5. The molecule has 6 rings (SSSR count). The molecular formula is C30H29ClFN5O3. The summed E-state index contributed by atoms with van der Waals surface area (Å²) in [4.78, 5) is 32.9. The Bertz CT molecular complexity index is 1620. The van der Waals surface area contributed by atoms with Gasteiger partial charge in [0, 0.05) is 38.6 Å². The molecule has 2 aliphatic rings. The highest BCUT2D eigenvalue weighted by atomic mass is 35.5. The van der Waals surface area contributed by atoms with Crippen molar-refractivity contribution in [3.8, 4) is 11.1 Å². The number of halogens is 2. The molecule has 0 radical (unpaired) electrons. The molecule has 0 spiro atoms. The summed E-state index contributed by atoms with van der Waals surface area (Å²) in [7, 11) is 0. The lowest BCUT2D eigenvalue weighted by molar-refractivity contribution is 0.116. The first kappa shape index (κ1) is 26.3. The van der Waals surface area contributed by atoms with Crippen LogP contribution in [-0.2, 0) is 0 Å². The number of carbonyl (C=O) groups is 1. The third-order valence-electron chi connectivity index (χ3n) is 7.95. The number of fused-ring (bicyclic) bond motifs is 4. The predicted molar refractivity (Wildman–Crippen MR) is 153 cm³/mol. The highest BCUT2D eigenvalue weighted by Crippen LogP contribution is 2.45. The predicted octanol–water partition coefficient (Wildman–Crippen LogP) is 4.97. The van der Waals surface area contributed by atoms with Crippen molar-refractivity contribution < 1.29 is 14.3 Å². The van der Waals surface area contributed by atoms with Gasteiger partial charge in [-0.1, -0.05) is 67.1 Å². The molecule has 2 heterocycles. The van der Waals surface area contributed by atoms with Crippen molar-refractivity contribution in [3.05, 3.63) is 98.8 Å². The SMILES string of the molecule is CCC(c1nc2c(F)ccc(Cl)c2c(=O)n1N1CCNCC1)N(CC1c2ccccc2-c2ccccc21)C(=O)O. The molecule has 1 aliphatic carbocycles. The number of hydrogen-bond donors (Lipinski definition) is 2. The highest BCUT2D eigenvalue weighted by molar-refractivity contribution is 6.35. The van der Waals surface area contributed by atoms with Gasteiger partial charge in [0.25, 0.3) is 5.56 Å². The van der Waals surface area contributed by atoms with Crippen molar-refractivity contribution in [2.45, 2.75) is 25.3 Å². The summed E-state index contributed by atoms with van der Waals surface area (Å²) < 4.78 is 16.5. The summed E-state index contributed by atoms with van der Waals surface area (Å²) in [6.45, 7) is 4.27. The normalized spacial score (nSPS) is 15.6. The summed E-state index contributed by atoms with van der Waals surface area (Å²) in [5.41, 5.74) is 3.60. The van der Waals surface area contributed by atoms with E-state index in [1.54, 1.807) is 0 Å². The fraction of sp³-hybridized carbons (Fsp3) is 0.300. The molecule has 1 atom stereocenters. The average Bonchev–Trinajstić information content (AvgIpc) is 3.28. The van der Waals surface area contributed by atoms with Gasteiger partial charge in [0.1, 0.15) is 11.3 Å². The Kier molecular flexibility index (Phi) is 6.93. The van der Waals surface area contributed by atoms with Crippen LogP contribution >= 0.6 is 11.6 Å². The number of carboxylic acid groups (broad SMARTS) is 1. The van der Waals surface area contributed by atoms with Crippen LogP contribution in [0.2, 0.25) is 5.02 Å². The molecule has 2 N–H and O–H groups in total.